The Morgan fingerprint density at radius 1 is 0.891 bits per heavy atom. The highest BCUT2D eigenvalue weighted by Gasteiger charge is 2.35. The number of nitrogens with zero attached hydrogens (tertiary/aromatic N) is 2. The average Bonchev–Trinajstić information content (AvgIpc) is 3.05. The minimum absolute atomic E-state index is 0.0767. The summed E-state index contributed by atoms with van der Waals surface area (Å²) in [5, 5.41) is 3.29. The molecule has 0 aliphatic carbocycles. The van der Waals surface area contributed by atoms with E-state index in [0.29, 0.717) is 17.3 Å². The normalized spacial score (nSPS) is 12.0. The zero-order valence-corrected chi connectivity index (χ0v) is 27.5. The van der Waals surface area contributed by atoms with Crippen LogP contribution in [0.2, 0.25) is 5.02 Å². The van der Waals surface area contributed by atoms with Gasteiger partial charge in [0.05, 0.1) is 17.7 Å². The van der Waals surface area contributed by atoms with E-state index in [0.717, 1.165) is 9.87 Å². The van der Waals surface area contributed by atoms with Gasteiger partial charge in [-0.25, -0.2) is 12.8 Å². The molecule has 0 heterocycles. The van der Waals surface area contributed by atoms with Crippen molar-refractivity contribution in [3.63, 3.8) is 0 Å². The minimum atomic E-state index is -4.32. The molecule has 46 heavy (non-hydrogen) atoms. The third kappa shape index (κ3) is 8.86. The number of hydrogen-bond acceptors (Lipinski definition) is 5. The summed E-state index contributed by atoms with van der Waals surface area (Å²) in [6.07, 6.45) is 0.122. The Kier molecular flexibility index (Phi) is 11.8. The van der Waals surface area contributed by atoms with E-state index >= 15 is 4.39 Å². The van der Waals surface area contributed by atoms with Crippen LogP contribution in [0.25, 0.3) is 0 Å². The molecule has 1 N–H and O–H groups in total. The van der Waals surface area contributed by atoms with Crippen LogP contribution in [-0.2, 0) is 32.6 Å². The van der Waals surface area contributed by atoms with E-state index in [1.54, 1.807) is 6.07 Å². The number of methoxy groups -OCH3 is 1. The maximum atomic E-state index is 15.0. The maximum absolute atomic E-state index is 15.0. The number of anilines is 1. The van der Waals surface area contributed by atoms with Crippen molar-refractivity contribution in [2.24, 2.45) is 5.92 Å². The number of hydrogen-bond donors (Lipinski definition) is 1. The number of ether oxygens (including phenoxy) is 1. The molecule has 0 fully saturated rings. The van der Waals surface area contributed by atoms with Crippen LogP contribution in [0.15, 0.2) is 108 Å². The van der Waals surface area contributed by atoms with Gasteiger partial charge in [0.25, 0.3) is 10.0 Å². The molecule has 4 rings (SSSR count). The number of halogens is 2. The Hall–Kier alpha value is -4.41. The Bertz CT molecular complexity index is 1720. The summed E-state index contributed by atoms with van der Waals surface area (Å²) in [7, 11) is -2.85. The zero-order chi connectivity index (χ0) is 33.3. The molecule has 2 amide bonds. The predicted octanol–water partition coefficient (Wildman–Crippen LogP) is 6.10. The lowest BCUT2D eigenvalue weighted by atomic mass is 10.0. The van der Waals surface area contributed by atoms with Crippen LogP contribution in [0.1, 0.15) is 25.0 Å². The first-order valence-electron chi connectivity index (χ1n) is 14.8. The van der Waals surface area contributed by atoms with Gasteiger partial charge in [0.1, 0.15) is 24.2 Å². The zero-order valence-electron chi connectivity index (χ0n) is 25.9. The lowest BCUT2D eigenvalue weighted by Gasteiger charge is -2.34. The fourth-order valence-electron chi connectivity index (χ4n) is 4.80. The van der Waals surface area contributed by atoms with Gasteiger partial charge >= 0.3 is 0 Å². The Morgan fingerprint density at radius 3 is 2.13 bits per heavy atom. The molecule has 1 unspecified atom stereocenters. The smallest absolute Gasteiger partial charge is 0.264 e. The van der Waals surface area contributed by atoms with Crippen molar-refractivity contribution in [3.8, 4) is 5.75 Å². The Labute approximate surface area is 274 Å². The molecule has 0 spiro atoms. The lowest BCUT2D eigenvalue weighted by molar-refractivity contribution is -0.140. The van der Waals surface area contributed by atoms with Crippen molar-refractivity contribution in [3.05, 3.63) is 125 Å². The van der Waals surface area contributed by atoms with Crippen molar-refractivity contribution in [1.29, 1.82) is 0 Å². The molecule has 242 valence electrons. The van der Waals surface area contributed by atoms with Crippen molar-refractivity contribution >= 4 is 39.1 Å². The van der Waals surface area contributed by atoms with Gasteiger partial charge in [-0.15, -0.1) is 0 Å². The fourth-order valence-corrected chi connectivity index (χ4v) is 6.34. The standard InChI is InChI=1S/C35H37ClFN3O5S/c1-25(2)22-38-35(42)33(21-26-9-5-4-6-10-26)39(23-27-11-7-8-12-32(27)37)34(41)24-40(29-15-13-28(36)14-16-29)46(43,44)31-19-17-30(45-3)18-20-31/h4-20,25,33H,21-24H2,1-3H3,(H,38,42). The van der Waals surface area contributed by atoms with Crippen molar-refractivity contribution in [2.75, 3.05) is 24.5 Å². The number of carbonyl (C=O) groups excluding carboxylic acids is 2. The molecule has 0 aromatic heterocycles. The molecule has 0 saturated heterocycles. The van der Waals surface area contributed by atoms with Crippen molar-refractivity contribution in [1.82, 2.24) is 10.2 Å². The highest BCUT2D eigenvalue weighted by atomic mass is 35.5. The third-order valence-corrected chi connectivity index (χ3v) is 9.34. The molecule has 4 aromatic carbocycles. The second-order valence-corrected chi connectivity index (χ2v) is 13.4. The fraction of sp³-hybridized carbons (Fsp3) is 0.257. The summed E-state index contributed by atoms with van der Waals surface area (Å²) in [4.78, 5) is 29.4. The van der Waals surface area contributed by atoms with E-state index in [1.807, 2.05) is 44.2 Å². The molecule has 0 saturated carbocycles. The molecular formula is C35H37ClFN3O5S. The van der Waals surface area contributed by atoms with Crippen LogP contribution in [-0.4, -0.2) is 51.4 Å². The van der Waals surface area contributed by atoms with E-state index in [-0.39, 0.29) is 35.0 Å². The van der Waals surface area contributed by atoms with Gasteiger partial charge in [-0.2, -0.15) is 0 Å². The van der Waals surface area contributed by atoms with Gasteiger partial charge in [0.2, 0.25) is 11.8 Å². The second-order valence-electron chi connectivity index (χ2n) is 11.1. The van der Waals surface area contributed by atoms with Crippen LogP contribution in [0.3, 0.4) is 0 Å². The number of sulfonamides is 1. The summed E-state index contributed by atoms with van der Waals surface area (Å²) < 4.78 is 49.4. The number of carbonyl (C=O) groups is 2. The van der Waals surface area contributed by atoms with Crippen LogP contribution >= 0.6 is 11.6 Å². The summed E-state index contributed by atoms with van der Waals surface area (Å²) in [5.41, 5.74) is 1.14. The summed E-state index contributed by atoms with van der Waals surface area (Å²) in [6, 6.07) is 25.9. The van der Waals surface area contributed by atoms with Crippen LogP contribution in [0, 0.1) is 11.7 Å². The van der Waals surface area contributed by atoms with Crippen molar-refractivity contribution < 1.29 is 27.1 Å². The quantitative estimate of drug-likeness (QED) is 0.176. The minimum Gasteiger partial charge on any atom is -0.497 e. The van der Waals surface area contributed by atoms with Crippen LogP contribution < -0.4 is 14.4 Å². The molecule has 8 nitrogen and oxygen atoms in total. The highest BCUT2D eigenvalue weighted by molar-refractivity contribution is 7.92. The molecule has 0 aliphatic heterocycles. The number of nitrogens with one attached hydrogen (secondary N) is 1. The van der Waals surface area contributed by atoms with E-state index in [2.05, 4.69) is 5.32 Å². The van der Waals surface area contributed by atoms with E-state index < -0.39 is 40.2 Å². The van der Waals surface area contributed by atoms with Gasteiger partial charge < -0.3 is 15.0 Å². The summed E-state index contributed by atoms with van der Waals surface area (Å²) in [5.74, 6) is -1.09. The first kappa shape index (κ1) is 34.5. The topological polar surface area (TPSA) is 96.0 Å². The third-order valence-electron chi connectivity index (χ3n) is 7.30. The molecule has 0 aliphatic rings. The van der Waals surface area contributed by atoms with Gasteiger partial charge in [0, 0.05) is 30.1 Å². The van der Waals surface area contributed by atoms with E-state index in [9.17, 15) is 18.0 Å². The van der Waals surface area contributed by atoms with Crippen LogP contribution in [0.5, 0.6) is 5.75 Å². The molecule has 0 radical (unpaired) electrons. The number of amides is 2. The monoisotopic (exact) mass is 665 g/mol. The predicted molar refractivity (Wildman–Crippen MR) is 178 cm³/mol. The van der Waals surface area contributed by atoms with Gasteiger partial charge in [-0.05, 0) is 66.1 Å². The largest absolute Gasteiger partial charge is 0.497 e. The molecule has 4 aromatic rings. The number of benzene rings is 4. The molecular weight excluding hydrogens is 629 g/mol. The summed E-state index contributed by atoms with van der Waals surface area (Å²) in [6.45, 7) is 3.31. The van der Waals surface area contributed by atoms with E-state index in [1.165, 1.54) is 78.7 Å². The highest BCUT2D eigenvalue weighted by Crippen LogP contribution is 2.27. The molecule has 11 heteroatoms. The Balaban J connectivity index is 1.80. The molecule has 1 atom stereocenters. The second kappa shape index (κ2) is 15.7. The Morgan fingerprint density at radius 2 is 1.52 bits per heavy atom. The van der Waals surface area contributed by atoms with E-state index in [4.69, 9.17) is 16.3 Å². The average molecular weight is 666 g/mol. The van der Waals surface area contributed by atoms with Gasteiger partial charge in [-0.1, -0.05) is 74.0 Å². The van der Waals surface area contributed by atoms with Crippen molar-refractivity contribution in [2.45, 2.75) is 37.8 Å². The van der Waals surface area contributed by atoms with Gasteiger partial charge in [-0.3, -0.25) is 13.9 Å². The SMILES string of the molecule is COc1ccc(S(=O)(=O)N(CC(=O)N(Cc2ccccc2F)C(Cc2ccccc2)C(=O)NCC(C)C)c2ccc(Cl)cc2)cc1. The van der Waals surface area contributed by atoms with Crippen LogP contribution in [0.4, 0.5) is 10.1 Å². The first-order chi connectivity index (χ1) is 22.0. The first-order valence-corrected chi connectivity index (χ1v) is 16.6. The van der Waals surface area contributed by atoms with Gasteiger partial charge in [0.15, 0.2) is 0 Å². The summed E-state index contributed by atoms with van der Waals surface area (Å²) >= 11 is 6.11. The lowest BCUT2D eigenvalue weighted by Crippen LogP contribution is -2.53. The number of rotatable bonds is 14. The molecule has 0 bridgehead atoms. The maximum Gasteiger partial charge on any atom is 0.264 e.